The lowest BCUT2D eigenvalue weighted by atomic mass is 10.00. The van der Waals surface area contributed by atoms with Gasteiger partial charge in [0, 0.05) is 33.6 Å². The van der Waals surface area contributed by atoms with Crippen LogP contribution in [0, 0.1) is 11.8 Å². The van der Waals surface area contributed by atoms with Gasteiger partial charge in [0.1, 0.15) is 0 Å². The summed E-state index contributed by atoms with van der Waals surface area (Å²) in [4.78, 5) is 19.1. The Morgan fingerprint density at radius 2 is 1.88 bits per heavy atom. The van der Waals surface area contributed by atoms with Crippen LogP contribution >= 0.6 is 11.8 Å². The molecule has 0 bridgehead atoms. The van der Waals surface area contributed by atoms with Crippen molar-refractivity contribution in [2.24, 2.45) is 16.8 Å². The van der Waals surface area contributed by atoms with E-state index in [2.05, 4.69) is 81.7 Å². The normalized spacial score (nSPS) is 15.0. The first-order chi connectivity index (χ1) is 15.4. The summed E-state index contributed by atoms with van der Waals surface area (Å²) in [6.45, 7) is 10.7. The van der Waals surface area contributed by atoms with Crippen LogP contribution in [0.1, 0.15) is 65.9 Å². The van der Waals surface area contributed by atoms with Gasteiger partial charge < -0.3 is 0 Å². The van der Waals surface area contributed by atoms with Crippen molar-refractivity contribution in [3.63, 3.8) is 0 Å². The maximum absolute atomic E-state index is 12.9. The van der Waals surface area contributed by atoms with Crippen LogP contribution in [0.5, 0.6) is 0 Å². The summed E-state index contributed by atoms with van der Waals surface area (Å²) in [6, 6.07) is 8.41. The van der Waals surface area contributed by atoms with Crippen molar-refractivity contribution >= 4 is 23.3 Å². The van der Waals surface area contributed by atoms with Gasteiger partial charge in [-0.3, -0.25) is 9.79 Å². The third-order valence-corrected chi connectivity index (χ3v) is 5.81. The number of fused-ring (bicyclic) bond motifs is 1. The summed E-state index contributed by atoms with van der Waals surface area (Å²) in [5.74, 6) is 1.24. The van der Waals surface area contributed by atoms with E-state index in [-0.39, 0.29) is 5.78 Å². The van der Waals surface area contributed by atoms with Gasteiger partial charge >= 0.3 is 0 Å². The SMILES string of the molecule is C/C=C\C(=C/C1=CSc2ccccc2C(CC(C)C)=N1)C(=O)CC/C=C\C/C=C\C(C)C. The molecule has 170 valence electrons. The van der Waals surface area contributed by atoms with Gasteiger partial charge in [0.05, 0.1) is 5.70 Å². The van der Waals surface area contributed by atoms with Crippen molar-refractivity contribution in [2.45, 2.75) is 65.2 Å². The molecule has 3 heteroatoms. The second-order valence-corrected chi connectivity index (χ2v) is 9.67. The Balaban J connectivity index is 2.15. The zero-order valence-electron chi connectivity index (χ0n) is 20.2. The summed E-state index contributed by atoms with van der Waals surface area (Å²) < 4.78 is 0. The molecule has 32 heavy (non-hydrogen) atoms. The molecule has 0 amide bonds. The first-order valence-corrected chi connectivity index (χ1v) is 12.5. The molecule has 0 N–H and O–H groups in total. The van der Waals surface area contributed by atoms with Gasteiger partial charge in [0.25, 0.3) is 0 Å². The zero-order chi connectivity index (χ0) is 23.3. The number of hydrogen-bond acceptors (Lipinski definition) is 3. The highest BCUT2D eigenvalue weighted by molar-refractivity contribution is 8.02. The number of Topliss-reactive ketones (excluding diaryl/α,β-unsaturated/α-hetero) is 1. The van der Waals surface area contributed by atoms with Crippen molar-refractivity contribution in [1.29, 1.82) is 0 Å². The Morgan fingerprint density at radius 1 is 1.09 bits per heavy atom. The molecule has 2 rings (SSSR count). The van der Waals surface area contributed by atoms with E-state index in [0.29, 0.717) is 23.8 Å². The molecule has 0 aliphatic carbocycles. The second-order valence-electron chi connectivity index (χ2n) is 8.75. The zero-order valence-corrected chi connectivity index (χ0v) is 21.0. The summed E-state index contributed by atoms with van der Waals surface area (Å²) in [7, 11) is 0. The number of allylic oxidation sites excluding steroid dienone is 8. The predicted octanol–water partition coefficient (Wildman–Crippen LogP) is 8.48. The van der Waals surface area contributed by atoms with Gasteiger partial charge in [-0.1, -0.05) is 94.1 Å². The summed E-state index contributed by atoms with van der Waals surface area (Å²) in [5, 5.41) is 2.06. The average Bonchev–Trinajstić information content (AvgIpc) is 2.91. The number of aliphatic imine (C=N–C) groups is 1. The topological polar surface area (TPSA) is 29.4 Å². The molecule has 0 saturated heterocycles. The average molecular weight is 448 g/mol. The molecule has 1 aliphatic rings. The molecule has 0 saturated carbocycles. The smallest absolute Gasteiger partial charge is 0.163 e. The van der Waals surface area contributed by atoms with E-state index in [1.807, 2.05) is 25.2 Å². The summed E-state index contributed by atoms with van der Waals surface area (Å²) in [6.07, 6.45) is 17.5. The molecule has 2 nitrogen and oxygen atoms in total. The van der Waals surface area contributed by atoms with E-state index >= 15 is 0 Å². The van der Waals surface area contributed by atoms with Crippen LogP contribution in [-0.4, -0.2) is 11.5 Å². The highest BCUT2D eigenvalue weighted by Crippen LogP contribution is 2.31. The quantitative estimate of drug-likeness (QED) is 0.193. The summed E-state index contributed by atoms with van der Waals surface area (Å²) >= 11 is 1.68. The molecule has 0 fully saturated rings. The number of ketones is 1. The highest BCUT2D eigenvalue weighted by Gasteiger charge is 2.15. The Labute approximate surface area is 199 Å². The first-order valence-electron chi connectivity index (χ1n) is 11.6. The lowest BCUT2D eigenvalue weighted by Crippen LogP contribution is -2.06. The monoisotopic (exact) mass is 447 g/mol. The number of hydrogen-bond donors (Lipinski definition) is 0. The number of nitrogens with zero attached hydrogens (tertiary/aromatic N) is 1. The lowest BCUT2D eigenvalue weighted by Gasteiger charge is -2.11. The molecule has 1 aliphatic heterocycles. The lowest BCUT2D eigenvalue weighted by molar-refractivity contribution is -0.115. The molecular formula is C29H37NOS. The van der Waals surface area contributed by atoms with Crippen LogP contribution in [0.15, 0.2) is 93.4 Å². The van der Waals surface area contributed by atoms with E-state index in [1.165, 1.54) is 10.5 Å². The molecule has 1 aromatic carbocycles. The van der Waals surface area contributed by atoms with E-state index in [0.717, 1.165) is 30.7 Å². The maximum Gasteiger partial charge on any atom is 0.163 e. The molecule has 0 unspecified atom stereocenters. The predicted molar refractivity (Wildman–Crippen MR) is 141 cm³/mol. The molecule has 0 radical (unpaired) electrons. The fourth-order valence-corrected chi connectivity index (χ4v) is 4.18. The second kappa shape index (κ2) is 13.9. The molecule has 1 aromatic rings. The molecule has 0 atom stereocenters. The standard InChI is InChI=1S/C29H37NOS/c1-6-14-24(28(31)17-11-9-7-8-10-15-22(2)3)20-25-21-32-29-18-13-12-16-26(29)27(30-25)19-23(4)5/h6-7,9-10,12-16,18,20-23H,8,11,17,19H2,1-5H3/b9-7-,14-6-,15-10-,24-20+. The van der Waals surface area contributed by atoms with Crippen molar-refractivity contribution < 1.29 is 4.79 Å². The minimum absolute atomic E-state index is 0.152. The van der Waals surface area contributed by atoms with Crippen LogP contribution in [0.4, 0.5) is 0 Å². The van der Waals surface area contributed by atoms with Crippen LogP contribution in [-0.2, 0) is 4.79 Å². The third-order valence-electron chi connectivity index (χ3n) is 4.84. The Morgan fingerprint density at radius 3 is 2.59 bits per heavy atom. The Kier molecular flexibility index (Phi) is 11.2. The van der Waals surface area contributed by atoms with Crippen LogP contribution in [0.3, 0.4) is 0 Å². The van der Waals surface area contributed by atoms with Crippen LogP contribution in [0.2, 0.25) is 0 Å². The third kappa shape index (κ3) is 9.00. The van der Waals surface area contributed by atoms with Gasteiger partial charge in [-0.2, -0.15) is 0 Å². The number of carbonyl (C=O) groups is 1. The minimum atomic E-state index is 0.152. The van der Waals surface area contributed by atoms with Gasteiger partial charge in [0.15, 0.2) is 5.78 Å². The van der Waals surface area contributed by atoms with E-state index in [4.69, 9.17) is 4.99 Å². The van der Waals surface area contributed by atoms with Gasteiger partial charge in [0.2, 0.25) is 0 Å². The fraction of sp³-hybridized carbons (Fsp3) is 0.379. The van der Waals surface area contributed by atoms with E-state index < -0.39 is 0 Å². The van der Waals surface area contributed by atoms with Gasteiger partial charge in [-0.25, -0.2) is 0 Å². The van der Waals surface area contributed by atoms with Crippen LogP contribution in [0.25, 0.3) is 0 Å². The Hall–Kier alpha value is -2.39. The minimum Gasteiger partial charge on any atom is -0.294 e. The number of benzene rings is 1. The molecular weight excluding hydrogens is 410 g/mol. The van der Waals surface area contributed by atoms with Crippen molar-refractivity contribution in [3.8, 4) is 0 Å². The van der Waals surface area contributed by atoms with Gasteiger partial charge in [-0.05, 0) is 50.2 Å². The molecule has 0 aromatic heterocycles. The largest absolute Gasteiger partial charge is 0.294 e. The van der Waals surface area contributed by atoms with Crippen molar-refractivity contribution in [1.82, 2.24) is 0 Å². The fourth-order valence-electron chi connectivity index (χ4n) is 3.35. The summed E-state index contributed by atoms with van der Waals surface area (Å²) in [5.41, 5.74) is 3.85. The van der Waals surface area contributed by atoms with E-state index in [9.17, 15) is 4.79 Å². The highest BCUT2D eigenvalue weighted by atomic mass is 32.2. The molecule has 1 heterocycles. The van der Waals surface area contributed by atoms with E-state index in [1.54, 1.807) is 11.8 Å². The van der Waals surface area contributed by atoms with Crippen molar-refractivity contribution in [3.05, 3.63) is 89.0 Å². The number of carbonyl (C=O) groups excluding carboxylic acids is 1. The number of thioether (sulfide) groups is 1. The van der Waals surface area contributed by atoms with Crippen molar-refractivity contribution in [2.75, 3.05) is 0 Å². The molecule has 0 spiro atoms. The van der Waals surface area contributed by atoms with Gasteiger partial charge in [-0.15, -0.1) is 0 Å². The first kappa shape index (κ1) is 25.9. The number of rotatable bonds is 11. The Bertz CT molecular complexity index is 942. The maximum atomic E-state index is 12.9. The van der Waals surface area contributed by atoms with Crippen LogP contribution < -0.4 is 0 Å².